The summed E-state index contributed by atoms with van der Waals surface area (Å²) in [5, 5.41) is 0. The van der Waals surface area contributed by atoms with Crippen LogP contribution in [-0.4, -0.2) is 0 Å². The Morgan fingerprint density at radius 3 is 1.96 bits per heavy atom. The van der Waals surface area contributed by atoms with Crippen molar-refractivity contribution >= 4 is 0 Å². The van der Waals surface area contributed by atoms with Gasteiger partial charge < -0.3 is 0 Å². The van der Waals surface area contributed by atoms with Crippen LogP contribution >= 0.6 is 0 Å². The van der Waals surface area contributed by atoms with Crippen molar-refractivity contribution in [2.75, 3.05) is 0 Å². The maximum atomic E-state index is 2.41. The van der Waals surface area contributed by atoms with Crippen molar-refractivity contribution in [3.63, 3.8) is 0 Å². The van der Waals surface area contributed by atoms with Crippen LogP contribution in [0.15, 0.2) is 12.2 Å². The maximum absolute atomic E-state index is 2.41. The molecular weight excluding hydrogens is 300 g/mol. The lowest BCUT2D eigenvalue weighted by Gasteiger charge is -2.45. The molecule has 3 saturated carbocycles. The van der Waals surface area contributed by atoms with Crippen LogP contribution in [0.1, 0.15) is 104 Å². The van der Waals surface area contributed by atoms with Crippen LogP contribution in [0, 0.1) is 41.4 Å². The zero-order valence-electron chi connectivity index (χ0n) is 17.4. The highest BCUT2D eigenvalue weighted by Gasteiger charge is 2.38. The van der Waals surface area contributed by atoms with E-state index in [2.05, 4.69) is 32.9 Å². The van der Waals surface area contributed by atoms with Gasteiger partial charge in [0.2, 0.25) is 0 Å². The molecule has 0 aromatic heterocycles. The highest BCUT2D eigenvalue weighted by Crippen LogP contribution is 2.49. The smallest absolute Gasteiger partial charge is 0.0348 e. The highest BCUT2D eigenvalue weighted by molar-refractivity contribution is 4.90. The Labute approximate surface area is 158 Å². The fraction of sp³-hybridized carbons (Fsp3) is 0.920. The second kappa shape index (κ2) is 9.61. The molecule has 3 aliphatic rings. The van der Waals surface area contributed by atoms with Crippen molar-refractivity contribution in [2.45, 2.75) is 104 Å². The molecule has 0 radical (unpaired) electrons. The summed E-state index contributed by atoms with van der Waals surface area (Å²) in [6, 6.07) is 0. The second-order valence-corrected chi connectivity index (χ2v) is 10.3. The molecule has 3 rings (SSSR count). The highest BCUT2D eigenvalue weighted by atomic mass is 14.4. The van der Waals surface area contributed by atoms with Crippen LogP contribution in [0.5, 0.6) is 0 Å². The van der Waals surface area contributed by atoms with Crippen LogP contribution < -0.4 is 0 Å². The van der Waals surface area contributed by atoms with E-state index >= 15 is 0 Å². The van der Waals surface area contributed by atoms with Gasteiger partial charge in [0.25, 0.3) is 0 Å². The Bertz CT molecular complexity index is 398. The van der Waals surface area contributed by atoms with Crippen LogP contribution in [0.3, 0.4) is 0 Å². The number of allylic oxidation sites excluding steroid dienone is 2. The van der Waals surface area contributed by atoms with Crippen LogP contribution in [-0.2, 0) is 0 Å². The van der Waals surface area contributed by atoms with E-state index in [4.69, 9.17) is 0 Å². The van der Waals surface area contributed by atoms with Crippen molar-refractivity contribution in [2.24, 2.45) is 41.4 Å². The Hall–Kier alpha value is -0.260. The standard InChI is InChI=1S/C25H44/c1-4-5-6-7-20-10-13-25-18-24(15-14-23(25)17-20)22-11-8-21(9-12-22)16-19(2)3/h4-5,19-25H,6-18H2,1-3H3/b5-4+. The molecule has 25 heavy (non-hydrogen) atoms. The molecule has 3 fully saturated rings. The van der Waals surface area contributed by atoms with Gasteiger partial charge in [-0.15, -0.1) is 0 Å². The van der Waals surface area contributed by atoms with Gasteiger partial charge in [-0.3, -0.25) is 0 Å². The van der Waals surface area contributed by atoms with Gasteiger partial charge in [0.15, 0.2) is 0 Å². The third kappa shape index (κ3) is 5.61. The summed E-state index contributed by atoms with van der Waals surface area (Å²) in [4.78, 5) is 0. The summed E-state index contributed by atoms with van der Waals surface area (Å²) >= 11 is 0. The van der Waals surface area contributed by atoms with Gasteiger partial charge in [0.05, 0.1) is 0 Å². The summed E-state index contributed by atoms with van der Waals surface area (Å²) in [5.41, 5.74) is 0. The van der Waals surface area contributed by atoms with E-state index in [1.807, 2.05) is 0 Å². The zero-order valence-corrected chi connectivity index (χ0v) is 17.4. The van der Waals surface area contributed by atoms with E-state index in [9.17, 15) is 0 Å². The third-order valence-corrected chi connectivity index (χ3v) is 8.10. The average molecular weight is 345 g/mol. The van der Waals surface area contributed by atoms with Gasteiger partial charge in [-0.2, -0.15) is 0 Å². The van der Waals surface area contributed by atoms with Gasteiger partial charge in [0.1, 0.15) is 0 Å². The summed E-state index contributed by atoms with van der Waals surface area (Å²) in [5.74, 6) is 7.39. The summed E-state index contributed by atoms with van der Waals surface area (Å²) in [6.07, 6.45) is 24.5. The molecule has 0 bridgehead atoms. The van der Waals surface area contributed by atoms with Crippen molar-refractivity contribution < 1.29 is 0 Å². The summed E-state index contributed by atoms with van der Waals surface area (Å²) in [7, 11) is 0. The van der Waals surface area contributed by atoms with Gasteiger partial charge in [-0.1, -0.05) is 45.3 Å². The van der Waals surface area contributed by atoms with Crippen molar-refractivity contribution in [3.8, 4) is 0 Å². The Morgan fingerprint density at radius 2 is 1.28 bits per heavy atom. The van der Waals surface area contributed by atoms with Gasteiger partial charge >= 0.3 is 0 Å². The molecule has 0 nitrogen and oxygen atoms in total. The number of hydrogen-bond acceptors (Lipinski definition) is 0. The average Bonchev–Trinajstić information content (AvgIpc) is 2.62. The van der Waals surface area contributed by atoms with Crippen LogP contribution in [0.25, 0.3) is 0 Å². The first-order chi connectivity index (χ1) is 12.2. The molecule has 0 aromatic rings. The van der Waals surface area contributed by atoms with E-state index < -0.39 is 0 Å². The molecular formula is C25H44. The van der Waals surface area contributed by atoms with E-state index in [1.54, 1.807) is 57.8 Å². The van der Waals surface area contributed by atoms with E-state index in [-0.39, 0.29) is 0 Å². The van der Waals surface area contributed by atoms with Gasteiger partial charge in [0, 0.05) is 0 Å². The van der Waals surface area contributed by atoms with Crippen molar-refractivity contribution in [3.05, 3.63) is 12.2 Å². The minimum atomic E-state index is 0.903. The molecule has 0 aliphatic heterocycles. The molecule has 0 heterocycles. The maximum Gasteiger partial charge on any atom is -0.0348 e. The lowest BCUT2D eigenvalue weighted by molar-refractivity contribution is 0.0575. The van der Waals surface area contributed by atoms with E-state index in [0.717, 1.165) is 41.4 Å². The molecule has 0 heteroatoms. The summed E-state index contributed by atoms with van der Waals surface area (Å²) in [6.45, 7) is 6.97. The first kappa shape index (κ1) is 19.5. The molecule has 0 amide bonds. The zero-order chi connectivity index (χ0) is 17.6. The summed E-state index contributed by atoms with van der Waals surface area (Å²) < 4.78 is 0. The first-order valence-electron chi connectivity index (χ1n) is 11.8. The predicted octanol–water partition coefficient (Wildman–Crippen LogP) is 8.03. The molecule has 0 N–H and O–H groups in total. The number of hydrogen-bond donors (Lipinski definition) is 0. The second-order valence-electron chi connectivity index (χ2n) is 10.3. The minimum absolute atomic E-state index is 0.903. The molecule has 0 spiro atoms. The molecule has 144 valence electrons. The van der Waals surface area contributed by atoms with Gasteiger partial charge in [-0.05, 0) is 113 Å². The Morgan fingerprint density at radius 1 is 0.720 bits per heavy atom. The fourth-order valence-electron chi connectivity index (χ4n) is 6.77. The molecule has 4 unspecified atom stereocenters. The van der Waals surface area contributed by atoms with E-state index in [0.29, 0.717) is 0 Å². The Kier molecular flexibility index (Phi) is 7.50. The van der Waals surface area contributed by atoms with Gasteiger partial charge in [-0.25, -0.2) is 0 Å². The van der Waals surface area contributed by atoms with Crippen LogP contribution in [0.4, 0.5) is 0 Å². The van der Waals surface area contributed by atoms with Crippen LogP contribution in [0.2, 0.25) is 0 Å². The number of rotatable bonds is 6. The minimum Gasteiger partial charge on any atom is -0.0917 e. The monoisotopic (exact) mass is 344 g/mol. The van der Waals surface area contributed by atoms with Crippen molar-refractivity contribution in [1.82, 2.24) is 0 Å². The normalized spacial score (nSPS) is 39.7. The molecule has 4 atom stereocenters. The predicted molar refractivity (Wildman–Crippen MR) is 111 cm³/mol. The lowest BCUT2D eigenvalue weighted by atomic mass is 9.60. The largest absolute Gasteiger partial charge is 0.0917 e. The first-order valence-corrected chi connectivity index (χ1v) is 11.8. The Balaban J connectivity index is 1.41. The topological polar surface area (TPSA) is 0 Å². The molecule has 3 aliphatic carbocycles. The molecule has 0 saturated heterocycles. The SMILES string of the molecule is C/C=C/CCC1CCC2CC(C3CCC(CC(C)C)CC3)CCC2C1. The van der Waals surface area contributed by atoms with Crippen molar-refractivity contribution in [1.29, 1.82) is 0 Å². The quantitative estimate of drug-likeness (QED) is 0.428. The number of fused-ring (bicyclic) bond motifs is 1. The lowest BCUT2D eigenvalue weighted by Crippen LogP contribution is -2.34. The molecule has 0 aromatic carbocycles. The third-order valence-electron chi connectivity index (χ3n) is 8.10. The fourth-order valence-corrected chi connectivity index (χ4v) is 6.77. The van der Waals surface area contributed by atoms with E-state index in [1.165, 1.54) is 25.7 Å².